The highest BCUT2D eigenvalue weighted by molar-refractivity contribution is 9.10. The first-order valence-electron chi connectivity index (χ1n) is 4.96. The Morgan fingerprint density at radius 1 is 1.53 bits per heavy atom. The van der Waals surface area contributed by atoms with Gasteiger partial charge in [0.2, 0.25) is 5.91 Å². The van der Waals surface area contributed by atoms with Crippen LogP contribution in [0.5, 0.6) is 0 Å². The fourth-order valence-corrected chi connectivity index (χ4v) is 3.62. The number of hydrogen-bond donors (Lipinski definition) is 2. The van der Waals surface area contributed by atoms with Crippen molar-refractivity contribution in [2.75, 3.05) is 0 Å². The molecule has 0 spiro atoms. The van der Waals surface area contributed by atoms with Crippen LogP contribution in [0.15, 0.2) is 33.4 Å². The van der Waals surface area contributed by atoms with Crippen molar-refractivity contribution >= 4 is 44.5 Å². The van der Waals surface area contributed by atoms with Gasteiger partial charge in [-0.2, -0.15) is 0 Å². The predicted octanol–water partition coefficient (Wildman–Crippen LogP) is 2.89. The fourth-order valence-electron chi connectivity index (χ4n) is 1.44. The van der Waals surface area contributed by atoms with Crippen LogP contribution in [0.1, 0.15) is 15.8 Å². The van der Waals surface area contributed by atoms with Crippen LogP contribution in [0, 0.1) is 0 Å². The maximum Gasteiger partial charge on any atom is 0.240 e. The van der Waals surface area contributed by atoms with Gasteiger partial charge in [0.15, 0.2) is 0 Å². The molecule has 1 unspecified atom stereocenters. The quantitative estimate of drug-likeness (QED) is 0.885. The van der Waals surface area contributed by atoms with Crippen LogP contribution < -0.4 is 11.1 Å². The molecule has 90 valence electrons. The second-order valence-corrected chi connectivity index (χ2v) is 6.35. The molecule has 0 fully saturated rings. The molecule has 0 bridgehead atoms. The molecule has 2 aromatic rings. The lowest BCUT2D eigenvalue weighted by atomic mass is 10.2. The summed E-state index contributed by atoms with van der Waals surface area (Å²) >= 11 is 6.54. The standard InChI is InChI=1S/C11H11BrN2OS2/c12-7-4-9(17-6-7)10(11(13)15)14-5-8-2-1-3-16-8/h1-4,6,10,14H,5H2,(H2,13,15). The van der Waals surface area contributed by atoms with Gasteiger partial charge in [0.25, 0.3) is 0 Å². The summed E-state index contributed by atoms with van der Waals surface area (Å²) in [6.07, 6.45) is 0. The summed E-state index contributed by atoms with van der Waals surface area (Å²) in [7, 11) is 0. The number of halogens is 1. The van der Waals surface area contributed by atoms with E-state index in [4.69, 9.17) is 5.73 Å². The van der Waals surface area contributed by atoms with Gasteiger partial charge in [-0.1, -0.05) is 6.07 Å². The fraction of sp³-hybridized carbons (Fsp3) is 0.182. The summed E-state index contributed by atoms with van der Waals surface area (Å²) in [5, 5.41) is 7.13. The zero-order valence-corrected chi connectivity index (χ0v) is 12.1. The third kappa shape index (κ3) is 3.38. The van der Waals surface area contributed by atoms with Crippen molar-refractivity contribution in [3.05, 3.63) is 43.2 Å². The SMILES string of the molecule is NC(=O)C(NCc1cccs1)c1cc(Br)cs1. The van der Waals surface area contributed by atoms with E-state index in [1.54, 1.807) is 11.3 Å². The maximum atomic E-state index is 11.4. The zero-order chi connectivity index (χ0) is 12.3. The number of nitrogens with two attached hydrogens (primary N) is 1. The average Bonchev–Trinajstić information content (AvgIpc) is 2.90. The Morgan fingerprint density at radius 3 is 2.88 bits per heavy atom. The van der Waals surface area contributed by atoms with E-state index in [0.29, 0.717) is 6.54 Å². The number of rotatable bonds is 5. The van der Waals surface area contributed by atoms with Crippen LogP contribution in [-0.4, -0.2) is 5.91 Å². The molecule has 2 aromatic heterocycles. The van der Waals surface area contributed by atoms with E-state index in [1.807, 2.05) is 29.0 Å². The molecule has 6 heteroatoms. The molecule has 0 aliphatic carbocycles. The highest BCUT2D eigenvalue weighted by atomic mass is 79.9. The second-order valence-electron chi connectivity index (χ2n) is 3.46. The van der Waals surface area contributed by atoms with Crippen molar-refractivity contribution in [3.8, 4) is 0 Å². The molecule has 0 aliphatic heterocycles. The number of nitrogens with one attached hydrogen (secondary N) is 1. The van der Waals surface area contributed by atoms with E-state index in [2.05, 4.69) is 21.2 Å². The smallest absolute Gasteiger partial charge is 0.240 e. The topological polar surface area (TPSA) is 55.1 Å². The molecule has 0 aliphatic rings. The number of hydrogen-bond acceptors (Lipinski definition) is 4. The van der Waals surface area contributed by atoms with Crippen LogP contribution in [0.3, 0.4) is 0 Å². The third-order valence-corrected chi connectivity index (χ3v) is 4.85. The van der Waals surface area contributed by atoms with Crippen LogP contribution in [0.4, 0.5) is 0 Å². The van der Waals surface area contributed by atoms with E-state index in [1.165, 1.54) is 16.2 Å². The normalized spacial score (nSPS) is 12.5. The van der Waals surface area contributed by atoms with Gasteiger partial charge in [0, 0.05) is 26.2 Å². The van der Waals surface area contributed by atoms with Gasteiger partial charge < -0.3 is 5.73 Å². The Balaban J connectivity index is 2.05. The molecule has 3 N–H and O–H groups in total. The molecule has 1 atom stereocenters. The molecular formula is C11H11BrN2OS2. The highest BCUT2D eigenvalue weighted by Gasteiger charge is 2.19. The molecule has 0 saturated heterocycles. The summed E-state index contributed by atoms with van der Waals surface area (Å²) in [5.41, 5.74) is 5.41. The maximum absolute atomic E-state index is 11.4. The van der Waals surface area contributed by atoms with Crippen LogP contribution in [-0.2, 0) is 11.3 Å². The zero-order valence-electron chi connectivity index (χ0n) is 8.85. The summed E-state index contributed by atoms with van der Waals surface area (Å²) in [5.74, 6) is -0.351. The van der Waals surface area contributed by atoms with Crippen LogP contribution >= 0.6 is 38.6 Å². The Kier molecular flexibility index (Phi) is 4.33. The van der Waals surface area contributed by atoms with Gasteiger partial charge in [-0.25, -0.2) is 0 Å². The molecule has 2 heterocycles. The van der Waals surface area contributed by atoms with E-state index in [9.17, 15) is 4.79 Å². The molecule has 3 nitrogen and oxygen atoms in total. The van der Waals surface area contributed by atoms with Crippen molar-refractivity contribution in [1.82, 2.24) is 5.32 Å². The van der Waals surface area contributed by atoms with Crippen molar-refractivity contribution in [2.24, 2.45) is 5.73 Å². The highest BCUT2D eigenvalue weighted by Crippen LogP contribution is 2.26. The van der Waals surface area contributed by atoms with E-state index >= 15 is 0 Å². The number of carbonyl (C=O) groups is 1. The molecular weight excluding hydrogens is 320 g/mol. The molecule has 2 rings (SSSR count). The average molecular weight is 331 g/mol. The van der Waals surface area contributed by atoms with E-state index < -0.39 is 6.04 Å². The lowest BCUT2D eigenvalue weighted by Gasteiger charge is -2.12. The Bertz CT molecular complexity index is 495. The lowest BCUT2D eigenvalue weighted by Crippen LogP contribution is -2.32. The Labute approximate surface area is 116 Å². The number of amides is 1. The first-order chi connectivity index (χ1) is 8.16. The number of thiophene rings is 2. The van der Waals surface area contributed by atoms with Gasteiger partial charge in [-0.15, -0.1) is 22.7 Å². The molecule has 0 saturated carbocycles. The predicted molar refractivity (Wildman–Crippen MR) is 75.1 cm³/mol. The minimum Gasteiger partial charge on any atom is -0.368 e. The number of primary amides is 1. The van der Waals surface area contributed by atoms with Crippen molar-refractivity contribution in [2.45, 2.75) is 12.6 Å². The van der Waals surface area contributed by atoms with Crippen molar-refractivity contribution < 1.29 is 4.79 Å². The largest absolute Gasteiger partial charge is 0.368 e. The summed E-state index contributed by atoms with van der Waals surface area (Å²) in [4.78, 5) is 13.5. The Hall–Kier alpha value is -0.690. The van der Waals surface area contributed by atoms with Crippen LogP contribution in [0.2, 0.25) is 0 Å². The molecule has 0 aromatic carbocycles. The first-order valence-corrected chi connectivity index (χ1v) is 7.51. The van der Waals surface area contributed by atoms with Gasteiger partial charge in [-0.05, 0) is 33.4 Å². The summed E-state index contributed by atoms with van der Waals surface area (Å²) < 4.78 is 0.974. The van der Waals surface area contributed by atoms with Crippen molar-refractivity contribution in [3.63, 3.8) is 0 Å². The minimum absolute atomic E-state index is 0.351. The molecule has 17 heavy (non-hydrogen) atoms. The van der Waals surface area contributed by atoms with E-state index in [0.717, 1.165) is 9.35 Å². The van der Waals surface area contributed by atoms with Gasteiger partial charge in [0.05, 0.1) is 0 Å². The molecule has 1 amide bonds. The van der Waals surface area contributed by atoms with Crippen LogP contribution in [0.25, 0.3) is 0 Å². The van der Waals surface area contributed by atoms with Crippen molar-refractivity contribution in [1.29, 1.82) is 0 Å². The minimum atomic E-state index is -0.423. The lowest BCUT2D eigenvalue weighted by molar-refractivity contribution is -0.120. The van der Waals surface area contributed by atoms with Gasteiger partial charge >= 0.3 is 0 Å². The number of carbonyl (C=O) groups excluding carboxylic acids is 1. The molecule has 0 radical (unpaired) electrons. The Morgan fingerprint density at radius 2 is 2.35 bits per heavy atom. The second kappa shape index (κ2) is 5.77. The summed E-state index contributed by atoms with van der Waals surface area (Å²) in [6.45, 7) is 0.654. The van der Waals surface area contributed by atoms with Gasteiger partial charge in [-0.3, -0.25) is 10.1 Å². The van der Waals surface area contributed by atoms with E-state index in [-0.39, 0.29) is 5.91 Å². The first kappa shape index (κ1) is 12.8. The van der Waals surface area contributed by atoms with Gasteiger partial charge in [0.1, 0.15) is 6.04 Å². The monoisotopic (exact) mass is 330 g/mol. The summed E-state index contributed by atoms with van der Waals surface area (Å²) in [6, 6.07) is 5.51. The third-order valence-electron chi connectivity index (χ3n) is 2.22.